The fraction of sp³-hybridized carbons (Fsp3) is 0.867. The topological polar surface area (TPSA) is 49.4 Å². The quantitative estimate of drug-likeness (QED) is 0.794. The van der Waals surface area contributed by atoms with Gasteiger partial charge in [0.15, 0.2) is 0 Å². The molecule has 0 aromatic rings. The number of likely N-dealkylation sites (tertiary alicyclic amines) is 1. The predicted molar refractivity (Wildman–Crippen MR) is 74.6 cm³/mol. The molecule has 0 aliphatic carbocycles. The maximum atomic E-state index is 12.1. The first-order valence-corrected chi connectivity index (χ1v) is 7.67. The zero-order valence-electron chi connectivity index (χ0n) is 12.2. The molecule has 0 saturated carbocycles. The number of nitrogens with one attached hydrogen (secondary N) is 1. The molecule has 4 nitrogen and oxygen atoms in total. The minimum atomic E-state index is -0.0728. The summed E-state index contributed by atoms with van der Waals surface area (Å²) in [4.78, 5) is 26.3. The van der Waals surface area contributed by atoms with E-state index in [1.807, 2.05) is 0 Å². The maximum Gasteiger partial charge on any atom is 0.230 e. The van der Waals surface area contributed by atoms with E-state index in [0.29, 0.717) is 6.42 Å². The third kappa shape index (κ3) is 2.99. The molecule has 2 heterocycles. The Kier molecular flexibility index (Phi) is 4.61. The van der Waals surface area contributed by atoms with Gasteiger partial charge in [-0.05, 0) is 57.2 Å². The van der Waals surface area contributed by atoms with Gasteiger partial charge in [0.1, 0.15) is 0 Å². The lowest BCUT2D eigenvalue weighted by Gasteiger charge is -2.42. The van der Waals surface area contributed by atoms with Crippen LogP contribution in [0.5, 0.6) is 0 Å². The molecule has 108 valence electrons. The molecule has 2 aliphatic rings. The Bertz CT molecular complexity index is 356. The molecule has 0 aromatic heterocycles. The van der Waals surface area contributed by atoms with E-state index < -0.39 is 0 Å². The van der Waals surface area contributed by atoms with Crippen LogP contribution in [0.15, 0.2) is 0 Å². The van der Waals surface area contributed by atoms with Crippen LogP contribution in [0.3, 0.4) is 0 Å². The van der Waals surface area contributed by atoms with Crippen LogP contribution in [0.4, 0.5) is 0 Å². The molecular formula is C15H26N2O2. The van der Waals surface area contributed by atoms with Crippen molar-refractivity contribution in [3.05, 3.63) is 0 Å². The molecule has 1 N–H and O–H groups in total. The fourth-order valence-corrected chi connectivity index (χ4v) is 3.95. The van der Waals surface area contributed by atoms with Crippen molar-refractivity contribution in [2.24, 2.45) is 11.3 Å². The Morgan fingerprint density at radius 3 is 2.74 bits per heavy atom. The molecule has 4 heteroatoms. The molecule has 2 unspecified atom stereocenters. The van der Waals surface area contributed by atoms with Gasteiger partial charge in [-0.15, -0.1) is 0 Å². The number of rotatable bonds is 3. The van der Waals surface area contributed by atoms with E-state index in [1.165, 1.54) is 6.42 Å². The second kappa shape index (κ2) is 6.04. The van der Waals surface area contributed by atoms with Crippen LogP contribution in [0.25, 0.3) is 0 Å². The highest BCUT2D eigenvalue weighted by Gasteiger charge is 2.47. The van der Waals surface area contributed by atoms with E-state index in [-0.39, 0.29) is 23.1 Å². The summed E-state index contributed by atoms with van der Waals surface area (Å²) in [5.41, 5.74) is -0.0728. The van der Waals surface area contributed by atoms with Crippen LogP contribution in [-0.4, -0.2) is 36.3 Å². The van der Waals surface area contributed by atoms with Crippen molar-refractivity contribution in [2.75, 3.05) is 19.6 Å². The van der Waals surface area contributed by atoms with E-state index in [2.05, 4.69) is 24.1 Å². The number of hydrogen-bond acceptors (Lipinski definition) is 3. The van der Waals surface area contributed by atoms with Crippen molar-refractivity contribution in [1.82, 2.24) is 10.2 Å². The van der Waals surface area contributed by atoms with Gasteiger partial charge in [-0.3, -0.25) is 14.9 Å². The largest absolute Gasteiger partial charge is 0.303 e. The van der Waals surface area contributed by atoms with Crippen LogP contribution in [0.1, 0.15) is 52.4 Å². The molecule has 0 bridgehead atoms. The second-order valence-electron chi connectivity index (χ2n) is 6.11. The van der Waals surface area contributed by atoms with Gasteiger partial charge >= 0.3 is 0 Å². The van der Waals surface area contributed by atoms with Crippen LogP contribution in [-0.2, 0) is 9.59 Å². The normalized spacial score (nSPS) is 33.3. The van der Waals surface area contributed by atoms with Crippen LogP contribution < -0.4 is 5.32 Å². The van der Waals surface area contributed by atoms with Crippen molar-refractivity contribution >= 4 is 11.8 Å². The van der Waals surface area contributed by atoms with Gasteiger partial charge in [0.05, 0.1) is 0 Å². The van der Waals surface area contributed by atoms with E-state index in [0.717, 1.165) is 45.3 Å². The van der Waals surface area contributed by atoms with Gasteiger partial charge in [-0.1, -0.05) is 13.8 Å². The highest BCUT2D eigenvalue weighted by Crippen LogP contribution is 2.45. The number of imide groups is 1. The summed E-state index contributed by atoms with van der Waals surface area (Å²) >= 11 is 0. The summed E-state index contributed by atoms with van der Waals surface area (Å²) in [7, 11) is 0. The lowest BCUT2D eigenvalue weighted by Crippen LogP contribution is -2.52. The summed E-state index contributed by atoms with van der Waals surface area (Å²) in [6.07, 6.45) is 5.67. The first-order valence-electron chi connectivity index (χ1n) is 7.67. The number of nitrogens with zero attached hydrogens (tertiary/aromatic N) is 1. The zero-order valence-corrected chi connectivity index (χ0v) is 12.2. The van der Waals surface area contributed by atoms with Crippen LogP contribution in [0.2, 0.25) is 0 Å². The standard InChI is InChI=1S/C15H26N2O2/c1-3-8-17-9-5-6-15(7-10-17)11-13(18)16-14(19)12(15)4-2/h12H,3-11H2,1-2H3,(H,16,18,19). The summed E-state index contributed by atoms with van der Waals surface area (Å²) < 4.78 is 0. The van der Waals surface area contributed by atoms with Crippen LogP contribution >= 0.6 is 0 Å². The van der Waals surface area contributed by atoms with Gasteiger partial charge < -0.3 is 4.90 Å². The Morgan fingerprint density at radius 2 is 2.05 bits per heavy atom. The van der Waals surface area contributed by atoms with Crippen molar-refractivity contribution in [1.29, 1.82) is 0 Å². The Morgan fingerprint density at radius 1 is 1.26 bits per heavy atom. The molecule has 2 amide bonds. The predicted octanol–water partition coefficient (Wildman–Crippen LogP) is 1.94. The van der Waals surface area contributed by atoms with Gasteiger partial charge in [-0.25, -0.2) is 0 Å². The minimum absolute atomic E-state index is 0.0202. The second-order valence-corrected chi connectivity index (χ2v) is 6.11. The third-order valence-electron chi connectivity index (χ3n) is 4.85. The molecule has 1 spiro atoms. The summed E-state index contributed by atoms with van der Waals surface area (Å²) in [5.74, 6) is -0.0897. The summed E-state index contributed by atoms with van der Waals surface area (Å²) in [6.45, 7) is 7.54. The lowest BCUT2D eigenvalue weighted by atomic mass is 9.64. The first kappa shape index (κ1) is 14.5. The van der Waals surface area contributed by atoms with E-state index in [9.17, 15) is 9.59 Å². The van der Waals surface area contributed by atoms with Crippen LogP contribution in [0, 0.1) is 11.3 Å². The van der Waals surface area contributed by atoms with E-state index in [4.69, 9.17) is 0 Å². The monoisotopic (exact) mass is 266 g/mol. The minimum Gasteiger partial charge on any atom is -0.303 e. The van der Waals surface area contributed by atoms with Crippen molar-refractivity contribution in [3.63, 3.8) is 0 Å². The lowest BCUT2D eigenvalue weighted by molar-refractivity contribution is -0.144. The molecule has 2 rings (SSSR count). The highest BCUT2D eigenvalue weighted by molar-refractivity contribution is 5.99. The average molecular weight is 266 g/mol. The molecule has 2 saturated heterocycles. The van der Waals surface area contributed by atoms with Gasteiger partial charge in [-0.2, -0.15) is 0 Å². The molecule has 2 atom stereocenters. The number of amides is 2. The van der Waals surface area contributed by atoms with Gasteiger partial charge in [0.25, 0.3) is 0 Å². The highest BCUT2D eigenvalue weighted by atomic mass is 16.2. The molecular weight excluding hydrogens is 240 g/mol. The molecule has 2 fully saturated rings. The number of piperidine rings is 1. The zero-order chi connectivity index (χ0) is 13.9. The van der Waals surface area contributed by atoms with Crippen molar-refractivity contribution in [2.45, 2.75) is 52.4 Å². The van der Waals surface area contributed by atoms with Crippen molar-refractivity contribution in [3.8, 4) is 0 Å². The summed E-state index contributed by atoms with van der Waals surface area (Å²) in [5, 5.41) is 2.52. The number of hydrogen-bond donors (Lipinski definition) is 1. The van der Waals surface area contributed by atoms with Crippen molar-refractivity contribution < 1.29 is 9.59 Å². The molecule has 0 aromatic carbocycles. The number of carbonyl (C=O) groups is 2. The molecule has 2 aliphatic heterocycles. The first-order chi connectivity index (χ1) is 9.11. The fourth-order valence-electron chi connectivity index (χ4n) is 3.95. The maximum absolute atomic E-state index is 12.1. The molecule has 0 radical (unpaired) electrons. The SMILES string of the molecule is CCCN1CCCC2(CC1)CC(=O)NC(=O)C2CC. The molecule has 19 heavy (non-hydrogen) atoms. The third-order valence-corrected chi connectivity index (χ3v) is 4.85. The Labute approximate surface area is 115 Å². The average Bonchev–Trinajstić information content (AvgIpc) is 2.53. The summed E-state index contributed by atoms with van der Waals surface area (Å²) in [6, 6.07) is 0. The van der Waals surface area contributed by atoms with E-state index in [1.54, 1.807) is 0 Å². The Balaban J connectivity index is 2.14. The Hall–Kier alpha value is -0.900. The number of carbonyl (C=O) groups excluding carboxylic acids is 2. The van der Waals surface area contributed by atoms with E-state index >= 15 is 0 Å². The van der Waals surface area contributed by atoms with Gasteiger partial charge in [0.2, 0.25) is 11.8 Å². The smallest absolute Gasteiger partial charge is 0.230 e. The van der Waals surface area contributed by atoms with Gasteiger partial charge in [0, 0.05) is 12.3 Å².